The lowest BCUT2D eigenvalue weighted by Crippen LogP contribution is -1.99. The van der Waals surface area contributed by atoms with Gasteiger partial charge in [-0.05, 0) is 13.0 Å². The Labute approximate surface area is 66.0 Å². The molecule has 1 rings (SSSR count). The summed E-state index contributed by atoms with van der Waals surface area (Å²) in [6.45, 7) is 1.24. The van der Waals surface area contributed by atoms with E-state index < -0.39 is 23.9 Å². The van der Waals surface area contributed by atoms with Crippen LogP contribution in [-0.2, 0) is 0 Å². The fraction of sp³-hybridized carbons (Fsp3) is 0.286. The minimum atomic E-state index is -2.96. The Hall–Kier alpha value is -1.13. The van der Waals surface area contributed by atoms with Gasteiger partial charge in [-0.25, -0.2) is 8.78 Å². The molecule has 1 aromatic rings. The third-order valence-corrected chi connectivity index (χ3v) is 1.37. The SMILES string of the molecule is Cc1cc(C(F)F)c(F)nc1F. The molecule has 0 aliphatic heterocycles. The van der Waals surface area contributed by atoms with Crippen molar-refractivity contribution in [3.63, 3.8) is 0 Å². The van der Waals surface area contributed by atoms with Crippen LogP contribution in [0.5, 0.6) is 0 Å². The van der Waals surface area contributed by atoms with Gasteiger partial charge >= 0.3 is 0 Å². The fourth-order valence-corrected chi connectivity index (χ4v) is 0.744. The molecule has 0 saturated heterocycles. The predicted octanol–water partition coefficient (Wildman–Crippen LogP) is 2.61. The first kappa shape index (κ1) is 8.96. The summed E-state index contributed by atoms with van der Waals surface area (Å²) >= 11 is 0. The summed E-state index contributed by atoms with van der Waals surface area (Å²) in [5.74, 6) is -2.51. The van der Waals surface area contributed by atoms with Gasteiger partial charge in [0.15, 0.2) is 0 Å². The van der Waals surface area contributed by atoms with Crippen molar-refractivity contribution < 1.29 is 17.6 Å². The molecule has 0 amide bonds. The van der Waals surface area contributed by atoms with Gasteiger partial charge in [0.25, 0.3) is 6.43 Å². The van der Waals surface area contributed by atoms with E-state index in [1.165, 1.54) is 6.92 Å². The zero-order chi connectivity index (χ0) is 9.30. The summed E-state index contributed by atoms with van der Waals surface area (Å²) < 4.78 is 48.8. The molecule has 5 heteroatoms. The molecule has 0 aliphatic carbocycles. The maximum absolute atomic E-state index is 12.5. The van der Waals surface area contributed by atoms with Crippen LogP contribution in [-0.4, -0.2) is 4.98 Å². The first-order chi connectivity index (χ1) is 5.52. The quantitative estimate of drug-likeness (QED) is 0.477. The Morgan fingerprint density at radius 3 is 2.33 bits per heavy atom. The minimum Gasteiger partial charge on any atom is -0.205 e. The summed E-state index contributed by atoms with van der Waals surface area (Å²) in [7, 11) is 0. The molecule has 1 aromatic heterocycles. The second-order valence-corrected chi connectivity index (χ2v) is 2.28. The molecule has 1 nitrogen and oxygen atoms in total. The number of pyridine rings is 1. The van der Waals surface area contributed by atoms with Crippen LogP contribution in [0, 0.1) is 18.8 Å². The van der Waals surface area contributed by atoms with E-state index in [1.54, 1.807) is 0 Å². The van der Waals surface area contributed by atoms with Crippen molar-refractivity contribution >= 4 is 0 Å². The van der Waals surface area contributed by atoms with Crippen LogP contribution in [0.3, 0.4) is 0 Å². The van der Waals surface area contributed by atoms with E-state index in [0.717, 1.165) is 6.07 Å². The summed E-state index contributed by atoms with van der Waals surface area (Å²) in [6, 6.07) is 0.752. The molecule has 0 N–H and O–H groups in total. The van der Waals surface area contributed by atoms with Gasteiger partial charge in [-0.2, -0.15) is 13.8 Å². The topological polar surface area (TPSA) is 12.9 Å². The average molecular weight is 179 g/mol. The second kappa shape index (κ2) is 3.08. The number of hydrogen-bond acceptors (Lipinski definition) is 1. The molecule has 0 aliphatic rings. The van der Waals surface area contributed by atoms with Crippen LogP contribution in [0.25, 0.3) is 0 Å². The standard InChI is InChI=1S/C7H5F4N/c1-3-2-4(5(8)9)7(11)12-6(3)10/h2,5H,1H3. The van der Waals surface area contributed by atoms with E-state index in [-0.39, 0.29) is 5.56 Å². The van der Waals surface area contributed by atoms with Gasteiger partial charge in [-0.15, -0.1) is 0 Å². The molecule has 1 heterocycles. The first-order valence-electron chi connectivity index (χ1n) is 3.13. The third-order valence-electron chi connectivity index (χ3n) is 1.37. The van der Waals surface area contributed by atoms with E-state index in [9.17, 15) is 17.6 Å². The number of aryl methyl sites for hydroxylation is 1. The lowest BCUT2D eigenvalue weighted by Gasteiger charge is -2.02. The fourth-order valence-electron chi connectivity index (χ4n) is 0.744. The van der Waals surface area contributed by atoms with Gasteiger partial charge in [0, 0.05) is 5.56 Å². The largest absolute Gasteiger partial charge is 0.268 e. The minimum absolute atomic E-state index is 0.0910. The van der Waals surface area contributed by atoms with Crippen molar-refractivity contribution in [1.29, 1.82) is 0 Å². The molecular formula is C7H5F4N. The highest BCUT2D eigenvalue weighted by Gasteiger charge is 2.16. The highest BCUT2D eigenvalue weighted by molar-refractivity contribution is 5.20. The van der Waals surface area contributed by atoms with Crippen molar-refractivity contribution in [2.75, 3.05) is 0 Å². The molecule has 0 radical (unpaired) electrons. The number of hydrogen-bond donors (Lipinski definition) is 0. The maximum Gasteiger partial charge on any atom is 0.268 e. The molecule has 0 saturated carbocycles. The van der Waals surface area contributed by atoms with Crippen LogP contribution >= 0.6 is 0 Å². The van der Waals surface area contributed by atoms with Crippen LogP contribution in [0.1, 0.15) is 17.6 Å². The zero-order valence-electron chi connectivity index (χ0n) is 6.11. The highest BCUT2D eigenvalue weighted by Crippen LogP contribution is 2.22. The number of alkyl halides is 2. The van der Waals surface area contributed by atoms with Gasteiger partial charge in [-0.3, -0.25) is 0 Å². The van der Waals surface area contributed by atoms with E-state index >= 15 is 0 Å². The molecule has 66 valence electrons. The molecular weight excluding hydrogens is 174 g/mol. The Morgan fingerprint density at radius 2 is 1.83 bits per heavy atom. The lowest BCUT2D eigenvalue weighted by molar-refractivity contribution is 0.144. The smallest absolute Gasteiger partial charge is 0.205 e. The highest BCUT2D eigenvalue weighted by atomic mass is 19.3. The summed E-state index contributed by atoms with van der Waals surface area (Å²) in [5, 5.41) is 0. The Kier molecular flexibility index (Phi) is 2.30. The maximum atomic E-state index is 12.5. The summed E-state index contributed by atoms with van der Waals surface area (Å²) in [6.07, 6.45) is -2.96. The lowest BCUT2D eigenvalue weighted by atomic mass is 10.2. The van der Waals surface area contributed by atoms with Crippen LogP contribution in [0.4, 0.5) is 17.6 Å². The van der Waals surface area contributed by atoms with E-state index in [0.29, 0.717) is 0 Å². The number of halogens is 4. The van der Waals surface area contributed by atoms with E-state index in [2.05, 4.69) is 4.98 Å². The monoisotopic (exact) mass is 179 g/mol. The van der Waals surface area contributed by atoms with Gasteiger partial charge < -0.3 is 0 Å². The normalized spacial score (nSPS) is 10.8. The Balaban J connectivity index is 3.23. The van der Waals surface area contributed by atoms with Crippen LogP contribution in [0.2, 0.25) is 0 Å². The molecule has 0 atom stereocenters. The van der Waals surface area contributed by atoms with Crippen molar-refractivity contribution in [3.05, 3.63) is 29.1 Å². The second-order valence-electron chi connectivity index (χ2n) is 2.28. The van der Waals surface area contributed by atoms with Gasteiger partial charge in [0.1, 0.15) is 0 Å². The van der Waals surface area contributed by atoms with E-state index in [4.69, 9.17) is 0 Å². The van der Waals surface area contributed by atoms with Crippen LogP contribution < -0.4 is 0 Å². The Bertz CT molecular complexity index is 298. The van der Waals surface area contributed by atoms with Crippen LogP contribution in [0.15, 0.2) is 6.07 Å². The number of rotatable bonds is 1. The van der Waals surface area contributed by atoms with Crippen molar-refractivity contribution in [1.82, 2.24) is 4.98 Å². The first-order valence-corrected chi connectivity index (χ1v) is 3.13. The molecule has 0 bridgehead atoms. The molecule has 0 unspecified atom stereocenters. The zero-order valence-corrected chi connectivity index (χ0v) is 6.11. The Morgan fingerprint density at radius 1 is 1.25 bits per heavy atom. The number of aromatic nitrogens is 1. The van der Waals surface area contributed by atoms with Crippen molar-refractivity contribution in [3.8, 4) is 0 Å². The molecule has 0 fully saturated rings. The van der Waals surface area contributed by atoms with Crippen molar-refractivity contribution in [2.45, 2.75) is 13.3 Å². The van der Waals surface area contributed by atoms with E-state index in [1.807, 2.05) is 0 Å². The average Bonchev–Trinajstić information content (AvgIpc) is 1.96. The molecule has 12 heavy (non-hydrogen) atoms. The number of nitrogens with zero attached hydrogens (tertiary/aromatic N) is 1. The summed E-state index contributed by atoms with van der Waals surface area (Å²) in [5.41, 5.74) is -0.958. The molecule has 0 spiro atoms. The van der Waals surface area contributed by atoms with Gasteiger partial charge in [-0.1, -0.05) is 0 Å². The molecule has 0 aromatic carbocycles. The third kappa shape index (κ3) is 1.54. The van der Waals surface area contributed by atoms with Gasteiger partial charge in [0.2, 0.25) is 11.9 Å². The predicted molar refractivity (Wildman–Crippen MR) is 33.8 cm³/mol. The van der Waals surface area contributed by atoms with Crippen molar-refractivity contribution in [2.24, 2.45) is 0 Å². The van der Waals surface area contributed by atoms with Gasteiger partial charge in [0.05, 0.1) is 5.56 Å². The summed E-state index contributed by atoms with van der Waals surface area (Å²) in [4.78, 5) is 2.68.